The third-order valence-corrected chi connectivity index (χ3v) is 6.40. The number of hydrogen-bond donors (Lipinski definition) is 2. The first-order chi connectivity index (χ1) is 15.7. The maximum absolute atomic E-state index is 12.5. The van der Waals surface area contributed by atoms with Crippen molar-refractivity contribution in [3.8, 4) is 0 Å². The molecule has 2 aromatic heterocycles. The van der Waals surface area contributed by atoms with E-state index in [1.54, 1.807) is 6.20 Å². The van der Waals surface area contributed by atoms with E-state index in [9.17, 15) is 9.59 Å². The van der Waals surface area contributed by atoms with Crippen molar-refractivity contribution in [2.75, 3.05) is 57.8 Å². The molecule has 9 nitrogen and oxygen atoms in total. The molecule has 0 saturated carbocycles. The van der Waals surface area contributed by atoms with E-state index in [1.807, 2.05) is 33.8 Å². The Morgan fingerprint density at radius 3 is 2.72 bits per heavy atom. The van der Waals surface area contributed by atoms with Crippen molar-refractivity contribution in [2.24, 2.45) is 5.92 Å². The minimum atomic E-state index is -0.184. The van der Waals surface area contributed by atoms with Crippen molar-refractivity contribution >= 4 is 23.3 Å². The Labute approximate surface area is 189 Å². The Kier molecular flexibility index (Phi) is 7.95. The summed E-state index contributed by atoms with van der Waals surface area (Å²) in [6.45, 7) is 6.10. The third kappa shape index (κ3) is 6.43. The van der Waals surface area contributed by atoms with Gasteiger partial charge in [-0.2, -0.15) is 0 Å². The Hall–Kier alpha value is -2.65. The number of likely N-dealkylation sites (tertiary alicyclic amines) is 1. The van der Waals surface area contributed by atoms with E-state index < -0.39 is 0 Å². The van der Waals surface area contributed by atoms with Crippen LogP contribution in [-0.4, -0.2) is 83.6 Å². The van der Waals surface area contributed by atoms with Crippen LogP contribution < -0.4 is 10.6 Å². The maximum Gasteiger partial charge on any atom is 0.319 e. The van der Waals surface area contributed by atoms with E-state index >= 15 is 0 Å². The van der Waals surface area contributed by atoms with Crippen molar-refractivity contribution in [1.82, 2.24) is 24.5 Å². The molecular formula is C23H34N6O3. The zero-order valence-corrected chi connectivity index (χ0v) is 18.7. The Morgan fingerprint density at radius 2 is 1.91 bits per heavy atom. The first kappa shape index (κ1) is 22.5. The average molecular weight is 443 g/mol. The number of pyridine rings is 1. The fraction of sp³-hybridized carbons (Fsp3) is 0.609. The number of ether oxygens (including phenoxy) is 1. The molecule has 9 heteroatoms. The number of anilines is 1. The lowest BCUT2D eigenvalue weighted by Gasteiger charge is -2.34. The number of unbranched alkanes of at least 4 members (excludes halogenated alkanes) is 1. The van der Waals surface area contributed by atoms with Crippen LogP contribution in [0.3, 0.4) is 0 Å². The van der Waals surface area contributed by atoms with E-state index in [0.29, 0.717) is 19.0 Å². The predicted molar refractivity (Wildman–Crippen MR) is 123 cm³/mol. The summed E-state index contributed by atoms with van der Waals surface area (Å²) in [5.74, 6) is 0.936. The average Bonchev–Trinajstić information content (AvgIpc) is 3.28. The Bertz CT molecular complexity index is 887. The highest BCUT2D eigenvalue weighted by Crippen LogP contribution is 2.22. The van der Waals surface area contributed by atoms with Crippen LogP contribution in [-0.2, 0) is 9.53 Å². The quantitative estimate of drug-likeness (QED) is 0.612. The van der Waals surface area contributed by atoms with Gasteiger partial charge in [0.15, 0.2) is 0 Å². The van der Waals surface area contributed by atoms with Crippen molar-refractivity contribution in [2.45, 2.75) is 32.1 Å². The predicted octanol–water partition coefficient (Wildman–Crippen LogP) is 2.20. The van der Waals surface area contributed by atoms with Gasteiger partial charge in [0.1, 0.15) is 5.65 Å². The number of carbonyl (C=O) groups is 2. The van der Waals surface area contributed by atoms with E-state index in [1.165, 1.54) is 0 Å². The first-order valence-corrected chi connectivity index (χ1v) is 11.7. The highest BCUT2D eigenvalue weighted by atomic mass is 16.5. The van der Waals surface area contributed by atoms with Gasteiger partial charge in [0.25, 0.3) is 0 Å². The molecule has 4 heterocycles. The highest BCUT2D eigenvalue weighted by Gasteiger charge is 2.24. The molecule has 0 radical (unpaired) electrons. The molecule has 0 aromatic carbocycles. The number of morpholine rings is 1. The molecule has 2 aliphatic heterocycles. The van der Waals surface area contributed by atoms with Crippen molar-refractivity contribution < 1.29 is 14.3 Å². The number of nitrogens with one attached hydrogen (secondary N) is 2. The Morgan fingerprint density at radius 1 is 1.09 bits per heavy atom. The summed E-state index contributed by atoms with van der Waals surface area (Å²) in [6, 6.07) is 3.54. The largest absolute Gasteiger partial charge is 0.379 e. The van der Waals surface area contributed by atoms with Gasteiger partial charge in [-0.15, -0.1) is 0 Å². The van der Waals surface area contributed by atoms with Gasteiger partial charge < -0.3 is 24.7 Å². The monoisotopic (exact) mass is 442 g/mol. The van der Waals surface area contributed by atoms with E-state index in [2.05, 4.69) is 20.5 Å². The maximum atomic E-state index is 12.5. The Balaban J connectivity index is 1.05. The second-order valence-electron chi connectivity index (χ2n) is 8.70. The summed E-state index contributed by atoms with van der Waals surface area (Å²) in [5.41, 5.74) is 1.59. The molecule has 4 rings (SSSR count). The molecule has 0 atom stereocenters. The number of carbonyl (C=O) groups excluding carboxylic acids is 2. The molecule has 3 amide bonds. The summed E-state index contributed by atoms with van der Waals surface area (Å²) < 4.78 is 7.22. The lowest BCUT2D eigenvalue weighted by atomic mass is 9.91. The van der Waals surface area contributed by atoms with Gasteiger partial charge in [0.05, 0.1) is 25.4 Å². The summed E-state index contributed by atoms with van der Waals surface area (Å²) in [7, 11) is 0. The van der Waals surface area contributed by atoms with Crippen LogP contribution in [0, 0.1) is 5.92 Å². The van der Waals surface area contributed by atoms with Crippen LogP contribution >= 0.6 is 0 Å². The molecule has 2 N–H and O–H groups in total. The van der Waals surface area contributed by atoms with Crippen LogP contribution in [0.4, 0.5) is 10.5 Å². The molecule has 0 aliphatic carbocycles. The molecule has 32 heavy (non-hydrogen) atoms. The van der Waals surface area contributed by atoms with E-state index in [4.69, 9.17) is 4.74 Å². The lowest BCUT2D eigenvalue weighted by Crippen LogP contribution is -2.47. The molecule has 2 saturated heterocycles. The van der Waals surface area contributed by atoms with Crippen LogP contribution in [0.5, 0.6) is 0 Å². The van der Waals surface area contributed by atoms with Crippen LogP contribution in [0.1, 0.15) is 32.1 Å². The number of imidazole rings is 1. The smallest absolute Gasteiger partial charge is 0.319 e. The lowest BCUT2D eigenvalue weighted by molar-refractivity contribution is -0.134. The number of nitrogens with zero attached hydrogens (tertiary/aromatic N) is 4. The number of piperidine rings is 1. The molecule has 2 fully saturated rings. The normalized spacial score (nSPS) is 18.1. The van der Waals surface area contributed by atoms with Crippen LogP contribution in [0.25, 0.3) is 5.65 Å². The number of aromatic nitrogens is 2. The third-order valence-electron chi connectivity index (χ3n) is 6.40. The van der Waals surface area contributed by atoms with Gasteiger partial charge in [-0.25, -0.2) is 9.78 Å². The zero-order chi connectivity index (χ0) is 22.2. The molecule has 174 valence electrons. The number of hydrogen-bond acceptors (Lipinski definition) is 5. The number of urea groups is 1. The molecular weight excluding hydrogens is 408 g/mol. The first-order valence-electron chi connectivity index (χ1n) is 11.7. The number of amides is 3. The van der Waals surface area contributed by atoms with Crippen molar-refractivity contribution in [3.63, 3.8) is 0 Å². The van der Waals surface area contributed by atoms with Gasteiger partial charge >= 0.3 is 6.03 Å². The van der Waals surface area contributed by atoms with Crippen molar-refractivity contribution in [1.29, 1.82) is 0 Å². The summed E-state index contributed by atoms with van der Waals surface area (Å²) in [6.07, 6.45) is 10.8. The van der Waals surface area contributed by atoms with E-state index in [0.717, 1.165) is 82.8 Å². The highest BCUT2D eigenvalue weighted by molar-refractivity contribution is 5.89. The summed E-state index contributed by atoms with van der Waals surface area (Å²) in [4.78, 5) is 33.0. The molecule has 2 aromatic rings. The molecule has 0 spiro atoms. The van der Waals surface area contributed by atoms with Gasteiger partial charge in [-0.3, -0.25) is 9.69 Å². The fourth-order valence-corrected chi connectivity index (χ4v) is 4.45. The number of fused-ring (bicyclic) bond motifs is 1. The second kappa shape index (κ2) is 11.3. The van der Waals surface area contributed by atoms with Crippen LogP contribution in [0.15, 0.2) is 30.7 Å². The van der Waals surface area contributed by atoms with Gasteiger partial charge in [-0.1, -0.05) is 12.8 Å². The summed E-state index contributed by atoms with van der Waals surface area (Å²) >= 11 is 0. The van der Waals surface area contributed by atoms with Crippen LogP contribution in [0.2, 0.25) is 0 Å². The fourth-order valence-electron chi connectivity index (χ4n) is 4.45. The van der Waals surface area contributed by atoms with Crippen molar-refractivity contribution in [3.05, 3.63) is 30.7 Å². The molecule has 2 aliphatic rings. The minimum Gasteiger partial charge on any atom is -0.379 e. The second-order valence-corrected chi connectivity index (χ2v) is 8.70. The molecule has 0 bridgehead atoms. The number of rotatable bonds is 8. The molecule has 0 unspecified atom stereocenters. The zero-order valence-electron chi connectivity index (χ0n) is 18.7. The van der Waals surface area contributed by atoms with E-state index in [-0.39, 0.29) is 11.9 Å². The van der Waals surface area contributed by atoms with Gasteiger partial charge in [0.2, 0.25) is 5.91 Å². The van der Waals surface area contributed by atoms with Gasteiger partial charge in [-0.05, 0) is 37.3 Å². The SMILES string of the molecule is O=C(NCCCCC1CCN(C(=O)CN2CCOCC2)CC1)Nc1ccc2nccn2c1. The topological polar surface area (TPSA) is 91.2 Å². The minimum absolute atomic E-state index is 0.184. The van der Waals surface area contributed by atoms with Gasteiger partial charge in [0, 0.05) is 51.3 Å². The standard InChI is InChI=1S/C23H34N6O3/c30-22(18-27-13-15-32-16-14-27)28-10-6-19(7-11-28)3-1-2-8-25-23(31)26-20-4-5-21-24-9-12-29(21)17-20/h4-5,9,12,17,19H,1-3,6-8,10-11,13-16,18H2,(H2,25,26,31). The summed E-state index contributed by atoms with van der Waals surface area (Å²) in [5, 5.41) is 5.79.